The third kappa shape index (κ3) is 7.88. The monoisotopic (exact) mass is 421 g/mol. The van der Waals surface area contributed by atoms with Gasteiger partial charge in [-0.25, -0.2) is 9.59 Å². The van der Waals surface area contributed by atoms with Gasteiger partial charge in [-0.3, -0.25) is 10.1 Å². The number of benzene rings is 1. The van der Waals surface area contributed by atoms with E-state index < -0.39 is 17.1 Å². The topological polar surface area (TPSA) is 111 Å². The molecular weight excluding hydrogens is 390 g/mol. The lowest BCUT2D eigenvalue weighted by atomic mass is 9.85. The first-order chi connectivity index (χ1) is 14.4. The van der Waals surface area contributed by atoms with Gasteiger partial charge in [0.15, 0.2) is 0 Å². The number of nitro groups is 1. The van der Waals surface area contributed by atoms with Crippen LogP contribution in [0.3, 0.4) is 0 Å². The van der Waals surface area contributed by atoms with E-state index in [1.165, 1.54) is 48.4 Å². The van der Waals surface area contributed by atoms with Gasteiger partial charge in [0.05, 0.1) is 17.6 Å². The molecule has 0 bridgehead atoms. The average molecular weight is 421 g/mol. The van der Waals surface area contributed by atoms with Crippen molar-refractivity contribution in [2.75, 3.05) is 20.2 Å². The van der Waals surface area contributed by atoms with Crippen molar-refractivity contribution in [1.82, 2.24) is 10.2 Å². The van der Waals surface area contributed by atoms with Crippen molar-refractivity contribution in [3.05, 3.63) is 34.4 Å². The maximum absolute atomic E-state index is 12.4. The summed E-state index contributed by atoms with van der Waals surface area (Å²) in [5.41, 5.74) is -0.0786. The number of rotatable bonds is 9. The van der Waals surface area contributed by atoms with Crippen molar-refractivity contribution in [2.24, 2.45) is 5.92 Å². The molecule has 0 aromatic heterocycles. The van der Waals surface area contributed by atoms with Crippen molar-refractivity contribution >= 4 is 17.9 Å². The molecule has 1 aromatic rings. The Bertz CT molecular complexity index is 703. The van der Waals surface area contributed by atoms with Crippen LogP contribution in [-0.2, 0) is 4.74 Å². The summed E-state index contributed by atoms with van der Waals surface area (Å²) in [4.78, 5) is 36.2. The number of ether oxygens (including phenoxy) is 2. The maximum Gasteiger partial charge on any atom is 0.412 e. The largest absolute Gasteiger partial charge is 0.449 e. The Morgan fingerprint density at radius 3 is 2.50 bits per heavy atom. The Morgan fingerprint density at radius 2 is 1.90 bits per heavy atom. The second-order valence-electron chi connectivity index (χ2n) is 7.72. The molecular formula is C21H31N3O6. The van der Waals surface area contributed by atoms with E-state index in [1.54, 1.807) is 7.05 Å². The molecule has 30 heavy (non-hydrogen) atoms. The Balaban J connectivity index is 1.96. The van der Waals surface area contributed by atoms with Gasteiger partial charge in [-0.1, -0.05) is 39.0 Å². The first-order valence-corrected chi connectivity index (χ1v) is 10.5. The van der Waals surface area contributed by atoms with Gasteiger partial charge in [0.25, 0.3) is 5.69 Å². The van der Waals surface area contributed by atoms with Crippen LogP contribution in [0.5, 0.6) is 5.75 Å². The quantitative estimate of drug-likeness (QED) is 0.464. The number of nitro benzene ring substituents is 1. The first-order valence-electron chi connectivity index (χ1n) is 10.5. The third-order valence-corrected chi connectivity index (χ3v) is 5.16. The van der Waals surface area contributed by atoms with Gasteiger partial charge >= 0.3 is 12.2 Å². The van der Waals surface area contributed by atoms with Gasteiger partial charge in [-0.05, 0) is 30.9 Å². The van der Waals surface area contributed by atoms with Crippen LogP contribution in [0, 0.1) is 16.0 Å². The highest BCUT2D eigenvalue weighted by Gasteiger charge is 2.24. The van der Waals surface area contributed by atoms with Crippen LogP contribution in [0.1, 0.15) is 51.9 Å². The number of nitrogens with one attached hydrogen (secondary N) is 1. The zero-order valence-electron chi connectivity index (χ0n) is 17.7. The van der Waals surface area contributed by atoms with E-state index in [1.807, 2.05) is 6.92 Å². The van der Waals surface area contributed by atoms with Crippen LogP contribution in [-0.4, -0.2) is 48.3 Å². The molecule has 0 radical (unpaired) electrons. The number of carbonyl (C=O) groups excluding carboxylic acids is 2. The third-order valence-electron chi connectivity index (χ3n) is 5.16. The fourth-order valence-corrected chi connectivity index (χ4v) is 3.65. The fourth-order valence-electron chi connectivity index (χ4n) is 3.65. The van der Waals surface area contributed by atoms with E-state index in [2.05, 4.69) is 5.32 Å². The minimum absolute atomic E-state index is 0.0786. The van der Waals surface area contributed by atoms with Crippen LogP contribution < -0.4 is 10.1 Å². The molecule has 1 aromatic carbocycles. The van der Waals surface area contributed by atoms with Crippen LogP contribution in [0.4, 0.5) is 15.3 Å². The number of hydrogen-bond acceptors (Lipinski definition) is 6. The van der Waals surface area contributed by atoms with Crippen LogP contribution in [0.25, 0.3) is 0 Å². The lowest BCUT2D eigenvalue weighted by Gasteiger charge is -2.29. The van der Waals surface area contributed by atoms with Crippen molar-refractivity contribution in [3.8, 4) is 5.75 Å². The Morgan fingerprint density at radius 1 is 1.23 bits per heavy atom. The molecule has 0 heterocycles. The van der Waals surface area contributed by atoms with Gasteiger partial charge < -0.3 is 19.7 Å². The van der Waals surface area contributed by atoms with Crippen molar-refractivity contribution in [1.29, 1.82) is 0 Å². The van der Waals surface area contributed by atoms with E-state index in [9.17, 15) is 19.7 Å². The summed E-state index contributed by atoms with van der Waals surface area (Å²) < 4.78 is 10.4. The second-order valence-corrected chi connectivity index (χ2v) is 7.72. The molecule has 1 aliphatic carbocycles. The molecule has 2 amide bonds. The summed E-state index contributed by atoms with van der Waals surface area (Å²) in [6, 6.07) is 5.03. The lowest BCUT2D eigenvalue weighted by molar-refractivity contribution is -0.384. The molecule has 0 spiro atoms. The van der Waals surface area contributed by atoms with E-state index in [0.717, 1.165) is 25.7 Å². The molecule has 9 nitrogen and oxygen atoms in total. The second kappa shape index (κ2) is 12.0. The number of amides is 2. The van der Waals surface area contributed by atoms with Gasteiger partial charge in [0.1, 0.15) is 5.75 Å². The maximum atomic E-state index is 12.4. The molecule has 0 unspecified atom stereocenters. The summed E-state index contributed by atoms with van der Waals surface area (Å²) in [5.74, 6) is 0.703. The number of carbonyl (C=O) groups is 2. The van der Waals surface area contributed by atoms with E-state index in [0.29, 0.717) is 19.1 Å². The number of likely N-dealkylation sites (N-methyl/N-ethyl adjacent to an activating group) is 1. The van der Waals surface area contributed by atoms with Gasteiger partial charge in [0, 0.05) is 25.7 Å². The highest BCUT2D eigenvalue weighted by atomic mass is 16.6. The normalized spacial score (nSPS) is 15.1. The van der Waals surface area contributed by atoms with Crippen LogP contribution in [0.15, 0.2) is 24.3 Å². The molecule has 166 valence electrons. The number of non-ortho nitro benzene ring substituents is 1. The van der Waals surface area contributed by atoms with E-state index >= 15 is 0 Å². The molecule has 0 saturated heterocycles. The van der Waals surface area contributed by atoms with Gasteiger partial charge in [0.2, 0.25) is 0 Å². The highest BCUT2D eigenvalue weighted by molar-refractivity contribution is 5.71. The van der Waals surface area contributed by atoms with Crippen molar-refractivity contribution < 1.29 is 24.0 Å². The number of hydrogen-bond donors (Lipinski definition) is 1. The summed E-state index contributed by atoms with van der Waals surface area (Å²) in [6.07, 6.45) is 6.24. The standard InChI is InChI=1S/C21H31N3O6/c1-3-13-29-21(26)23(2)15-17(14-16-7-5-4-6-8-16)22-20(25)30-19-11-9-18(10-12-19)24(27)28/h9-12,16-17H,3-8,13-15H2,1-2H3,(H,22,25)/t17-/m0/s1. The van der Waals surface area contributed by atoms with Crippen molar-refractivity contribution in [3.63, 3.8) is 0 Å². The molecule has 1 aliphatic rings. The molecule has 1 N–H and O–H groups in total. The predicted molar refractivity (Wildman–Crippen MR) is 112 cm³/mol. The summed E-state index contributed by atoms with van der Waals surface area (Å²) in [7, 11) is 1.65. The Hall–Kier alpha value is -2.84. The predicted octanol–water partition coefficient (Wildman–Crippen LogP) is 4.50. The molecule has 0 aliphatic heterocycles. The average Bonchev–Trinajstić information content (AvgIpc) is 2.72. The SMILES string of the molecule is CCCOC(=O)N(C)C[C@H](CC1CCCCC1)NC(=O)Oc1ccc([N+](=O)[O-])cc1. The Kier molecular flexibility index (Phi) is 9.37. The van der Waals surface area contributed by atoms with Crippen LogP contribution in [0.2, 0.25) is 0 Å². The molecule has 1 atom stereocenters. The fraction of sp³-hybridized carbons (Fsp3) is 0.619. The van der Waals surface area contributed by atoms with Gasteiger partial charge in [-0.15, -0.1) is 0 Å². The molecule has 1 fully saturated rings. The smallest absolute Gasteiger partial charge is 0.412 e. The first kappa shape index (κ1) is 23.4. The zero-order valence-corrected chi connectivity index (χ0v) is 17.7. The minimum atomic E-state index is -0.653. The van der Waals surface area contributed by atoms with Gasteiger partial charge in [-0.2, -0.15) is 0 Å². The molecule has 2 rings (SSSR count). The number of nitrogens with zero attached hydrogens (tertiary/aromatic N) is 2. The highest BCUT2D eigenvalue weighted by Crippen LogP contribution is 2.27. The summed E-state index contributed by atoms with van der Waals surface area (Å²) >= 11 is 0. The minimum Gasteiger partial charge on any atom is -0.449 e. The lowest BCUT2D eigenvalue weighted by Crippen LogP contribution is -2.46. The van der Waals surface area contributed by atoms with E-state index in [-0.39, 0.29) is 17.5 Å². The Labute approximate surface area is 176 Å². The van der Waals surface area contributed by atoms with E-state index in [4.69, 9.17) is 9.47 Å². The zero-order chi connectivity index (χ0) is 21.9. The summed E-state index contributed by atoms with van der Waals surface area (Å²) in [5, 5.41) is 13.6. The van der Waals surface area contributed by atoms with Crippen molar-refractivity contribution in [2.45, 2.75) is 57.9 Å². The molecule has 9 heteroatoms. The van der Waals surface area contributed by atoms with Crippen LogP contribution >= 0.6 is 0 Å². The summed E-state index contributed by atoms with van der Waals surface area (Å²) in [6.45, 7) is 2.59. The molecule has 1 saturated carbocycles.